The lowest BCUT2D eigenvalue weighted by molar-refractivity contribution is -0.129. The fourth-order valence-corrected chi connectivity index (χ4v) is 4.49. The average Bonchev–Trinajstić information content (AvgIpc) is 3.12. The smallest absolute Gasteiger partial charge is 0.230 e. The summed E-state index contributed by atoms with van der Waals surface area (Å²) in [6, 6.07) is 5.14. The lowest BCUT2D eigenvalue weighted by Gasteiger charge is -2.29. The molecule has 2 unspecified atom stereocenters. The molecule has 2 saturated heterocycles. The van der Waals surface area contributed by atoms with Crippen molar-refractivity contribution >= 4 is 46.6 Å². The van der Waals surface area contributed by atoms with Gasteiger partial charge in [0.2, 0.25) is 11.8 Å². The van der Waals surface area contributed by atoms with Crippen LogP contribution < -0.4 is 0 Å². The van der Waals surface area contributed by atoms with Crippen LogP contribution in [-0.2, 0) is 19.2 Å². The van der Waals surface area contributed by atoms with E-state index in [0.29, 0.717) is 29.4 Å². The van der Waals surface area contributed by atoms with Gasteiger partial charge in [0.1, 0.15) is 0 Å². The summed E-state index contributed by atoms with van der Waals surface area (Å²) in [6.07, 6.45) is 1.12. The molecule has 1 aromatic rings. The molecular formula is C20H22Cl2N2O4. The van der Waals surface area contributed by atoms with Gasteiger partial charge in [-0.05, 0) is 43.4 Å². The lowest BCUT2D eigenvalue weighted by atomic mass is 9.89. The average molecular weight is 425 g/mol. The summed E-state index contributed by atoms with van der Waals surface area (Å²) in [7, 11) is 0. The predicted octanol–water partition coefficient (Wildman–Crippen LogP) is 2.85. The van der Waals surface area contributed by atoms with E-state index in [1.54, 1.807) is 21.9 Å². The van der Waals surface area contributed by atoms with Crippen LogP contribution in [0.4, 0.5) is 0 Å². The van der Waals surface area contributed by atoms with Crippen molar-refractivity contribution in [3.63, 3.8) is 0 Å². The number of halogens is 2. The SMILES string of the molecule is CC(CC(CCN1CC(=O)CC1=O)c1ccc(Cl)cc1Cl)N1CC(=O)CC1=O. The summed E-state index contributed by atoms with van der Waals surface area (Å²) in [4.78, 5) is 50.3. The second-order valence-corrected chi connectivity index (χ2v) is 8.35. The second kappa shape index (κ2) is 8.62. The summed E-state index contributed by atoms with van der Waals surface area (Å²) >= 11 is 12.4. The van der Waals surface area contributed by atoms with Gasteiger partial charge in [-0.2, -0.15) is 0 Å². The summed E-state index contributed by atoms with van der Waals surface area (Å²) < 4.78 is 0. The molecule has 1 aromatic carbocycles. The quantitative estimate of drug-likeness (QED) is 0.630. The first-order chi connectivity index (χ1) is 13.2. The standard InChI is InChI=1S/C20H22Cl2N2O4/c1-12(24-11-16(26)9-20(24)28)6-13(17-3-2-14(21)7-18(17)22)4-5-23-10-15(25)8-19(23)27/h2-3,7,12-13H,4-6,8-11H2,1H3. The number of benzene rings is 1. The van der Waals surface area contributed by atoms with Crippen molar-refractivity contribution in [3.8, 4) is 0 Å². The molecule has 8 heteroatoms. The van der Waals surface area contributed by atoms with Crippen LogP contribution >= 0.6 is 23.2 Å². The van der Waals surface area contributed by atoms with E-state index in [4.69, 9.17) is 23.2 Å². The van der Waals surface area contributed by atoms with Crippen molar-refractivity contribution in [2.75, 3.05) is 19.6 Å². The maximum atomic E-state index is 12.1. The van der Waals surface area contributed by atoms with Crippen molar-refractivity contribution < 1.29 is 19.2 Å². The molecule has 0 bridgehead atoms. The van der Waals surface area contributed by atoms with Gasteiger partial charge in [0.25, 0.3) is 0 Å². The molecule has 2 fully saturated rings. The highest BCUT2D eigenvalue weighted by Crippen LogP contribution is 2.34. The zero-order chi connectivity index (χ0) is 20.4. The van der Waals surface area contributed by atoms with E-state index in [1.165, 1.54) is 0 Å². The van der Waals surface area contributed by atoms with Crippen LogP contribution in [0, 0.1) is 0 Å². The third kappa shape index (κ3) is 4.73. The van der Waals surface area contributed by atoms with Gasteiger partial charge in [-0.15, -0.1) is 0 Å². The molecule has 0 aromatic heterocycles. The number of Topliss-reactive ketones (excluding diaryl/α,β-unsaturated/α-hetero) is 2. The molecular weight excluding hydrogens is 403 g/mol. The molecule has 0 N–H and O–H groups in total. The van der Waals surface area contributed by atoms with Gasteiger partial charge in [-0.25, -0.2) is 0 Å². The van der Waals surface area contributed by atoms with Crippen LogP contribution in [0.1, 0.15) is 44.1 Å². The van der Waals surface area contributed by atoms with E-state index >= 15 is 0 Å². The van der Waals surface area contributed by atoms with Gasteiger partial charge in [0.05, 0.1) is 25.9 Å². The third-order valence-electron chi connectivity index (χ3n) is 5.39. The molecule has 150 valence electrons. The van der Waals surface area contributed by atoms with Crippen molar-refractivity contribution in [1.82, 2.24) is 9.80 Å². The van der Waals surface area contributed by atoms with E-state index in [0.717, 1.165) is 5.56 Å². The van der Waals surface area contributed by atoms with E-state index in [2.05, 4.69) is 0 Å². The molecule has 2 amide bonds. The summed E-state index contributed by atoms with van der Waals surface area (Å²) in [5.74, 6) is -0.496. The fraction of sp³-hybridized carbons (Fsp3) is 0.500. The minimum atomic E-state index is -0.154. The maximum Gasteiger partial charge on any atom is 0.230 e. The normalized spacial score (nSPS) is 19.7. The van der Waals surface area contributed by atoms with Gasteiger partial charge >= 0.3 is 0 Å². The van der Waals surface area contributed by atoms with E-state index in [9.17, 15) is 19.2 Å². The van der Waals surface area contributed by atoms with E-state index in [-0.39, 0.29) is 61.3 Å². The Labute approximate surface area is 173 Å². The maximum absolute atomic E-state index is 12.1. The second-order valence-electron chi connectivity index (χ2n) is 7.50. The van der Waals surface area contributed by atoms with Gasteiger partial charge in [-0.3, -0.25) is 19.2 Å². The highest BCUT2D eigenvalue weighted by Gasteiger charge is 2.33. The largest absolute Gasteiger partial charge is 0.335 e. The zero-order valence-corrected chi connectivity index (χ0v) is 17.1. The zero-order valence-electron chi connectivity index (χ0n) is 15.6. The topological polar surface area (TPSA) is 74.8 Å². The van der Waals surface area contributed by atoms with Gasteiger partial charge in [-0.1, -0.05) is 29.3 Å². The van der Waals surface area contributed by atoms with Crippen molar-refractivity contribution in [3.05, 3.63) is 33.8 Å². The first kappa shape index (κ1) is 20.8. The molecule has 6 nitrogen and oxygen atoms in total. The number of rotatable bonds is 7. The third-order valence-corrected chi connectivity index (χ3v) is 5.95. The first-order valence-electron chi connectivity index (χ1n) is 9.30. The van der Waals surface area contributed by atoms with Gasteiger partial charge < -0.3 is 9.80 Å². The van der Waals surface area contributed by atoms with E-state index < -0.39 is 0 Å². The van der Waals surface area contributed by atoms with Crippen LogP contribution in [-0.4, -0.2) is 58.9 Å². The first-order valence-corrected chi connectivity index (χ1v) is 10.1. The van der Waals surface area contributed by atoms with E-state index in [1.807, 2.05) is 13.0 Å². The molecule has 0 spiro atoms. The summed E-state index contributed by atoms with van der Waals surface area (Å²) in [5.41, 5.74) is 0.883. The summed E-state index contributed by atoms with van der Waals surface area (Å²) in [5, 5.41) is 1.05. The number of carbonyl (C=O) groups excluding carboxylic acids is 4. The highest BCUT2D eigenvalue weighted by atomic mass is 35.5. The molecule has 0 aliphatic carbocycles. The minimum Gasteiger partial charge on any atom is -0.335 e. The molecule has 2 atom stereocenters. The van der Waals surface area contributed by atoms with Crippen molar-refractivity contribution in [2.45, 2.75) is 44.6 Å². The number of ketones is 2. The number of carbonyl (C=O) groups is 4. The van der Waals surface area contributed by atoms with Crippen LogP contribution in [0.2, 0.25) is 10.0 Å². The Morgan fingerprint density at radius 2 is 1.68 bits per heavy atom. The van der Waals surface area contributed by atoms with Crippen LogP contribution in [0.3, 0.4) is 0 Å². The predicted molar refractivity (Wildman–Crippen MR) is 105 cm³/mol. The monoisotopic (exact) mass is 424 g/mol. The molecule has 0 radical (unpaired) electrons. The Hall–Kier alpha value is -1.92. The summed E-state index contributed by atoms with van der Waals surface area (Å²) in [6.45, 7) is 2.64. The Morgan fingerprint density at radius 1 is 1.00 bits per heavy atom. The number of nitrogens with zero attached hydrogens (tertiary/aromatic N) is 2. The number of likely N-dealkylation sites (tertiary alicyclic amines) is 2. The Balaban J connectivity index is 1.76. The molecule has 2 aliphatic rings. The van der Waals surface area contributed by atoms with Crippen LogP contribution in [0.5, 0.6) is 0 Å². The lowest BCUT2D eigenvalue weighted by Crippen LogP contribution is -2.36. The molecule has 2 aliphatic heterocycles. The molecule has 2 heterocycles. The number of hydrogen-bond donors (Lipinski definition) is 0. The fourth-order valence-electron chi connectivity index (χ4n) is 3.93. The molecule has 0 saturated carbocycles. The van der Waals surface area contributed by atoms with Crippen molar-refractivity contribution in [1.29, 1.82) is 0 Å². The van der Waals surface area contributed by atoms with Crippen LogP contribution in [0.15, 0.2) is 18.2 Å². The van der Waals surface area contributed by atoms with Crippen molar-refractivity contribution in [2.24, 2.45) is 0 Å². The molecule has 3 rings (SSSR count). The van der Waals surface area contributed by atoms with Crippen LogP contribution in [0.25, 0.3) is 0 Å². The number of amides is 2. The molecule has 28 heavy (non-hydrogen) atoms. The van der Waals surface area contributed by atoms with Gasteiger partial charge in [0.15, 0.2) is 11.6 Å². The Kier molecular flexibility index (Phi) is 6.40. The van der Waals surface area contributed by atoms with Gasteiger partial charge in [0, 0.05) is 22.6 Å². The number of hydrogen-bond acceptors (Lipinski definition) is 4. The minimum absolute atomic E-state index is 0.0346. The Bertz CT molecular complexity index is 826. The highest BCUT2D eigenvalue weighted by molar-refractivity contribution is 6.35. The Morgan fingerprint density at radius 3 is 2.25 bits per heavy atom.